The van der Waals surface area contributed by atoms with Crippen molar-refractivity contribution in [3.63, 3.8) is 0 Å². The monoisotopic (exact) mass is 453 g/mol. The molecular weight excluding hydrogens is 433 g/mol. The number of hydrogen-bond donors (Lipinski definition) is 0. The molecule has 0 bridgehead atoms. The minimum atomic E-state index is -0.672. The third-order valence-electron chi connectivity index (χ3n) is 5.53. The fourth-order valence-corrected chi connectivity index (χ4v) is 5.03. The molecule has 32 heavy (non-hydrogen) atoms. The highest BCUT2D eigenvalue weighted by molar-refractivity contribution is 7.07. The number of fused-ring (bicyclic) bond motifs is 1. The average molecular weight is 453 g/mol. The van der Waals surface area contributed by atoms with E-state index in [-0.39, 0.29) is 45.1 Å². The largest absolute Gasteiger partial charge is 0.372 e. The summed E-state index contributed by atoms with van der Waals surface area (Å²) in [4.78, 5) is 26.2. The lowest BCUT2D eigenvalue weighted by Gasteiger charge is -2.37. The molecular formula is C23H20FN3O4S. The Morgan fingerprint density at radius 1 is 1.19 bits per heavy atom. The molecule has 7 nitrogen and oxygen atoms in total. The summed E-state index contributed by atoms with van der Waals surface area (Å²) >= 11 is 1.01. The lowest BCUT2D eigenvalue weighted by molar-refractivity contribution is -0.00543. The molecule has 2 aromatic carbocycles. The van der Waals surface area contributed by atoms with Gasteiger partial charge < -0.3 is 14.2 Å². The molecule has 4 aromatic rings. The van der Waals surface area contributed by atoms with E-state index in [4.69, 9.17) is 9.26 Å². The van der Waals surface area contributed by atoms with Crippen LogP contribution in [-0.4, -0.2) is 41.3 Å². The molecule has 0 radical (unpaired) electrons. The number of aldehydes is 1. The topological polar surface area (TPSA) is 77.6 Å². The van der Waals surface area contributed by atoms with Crippen LogP contribution >= 0.6 is 11.3 Å². The van der Waals surface area contributed by atoms with Gasteiger partial charge in [0.1, 0.15) is 0 Å². The summed E-state index contributed by atoms with van der Waals surface area (Å²) in [5, 5.41) is 6.02. The predicted octanol–water partition coefficient (Wildman–Crippen LogP) is 4.27. The lowest BCUT2D eigenvalue weighted by Crippen LogP contribution is -2.46. The number of aromatic nitrogens is 2. The number of hydrogen-bond acceptors (Lipinski definition) is 7. The van der Waals surface area contributed by atoms with Crippen LogP contribution in [0, 0.1) is 5.82 Å². The zero-order valence-corrected chi connectivity index (χ0v) is 18.3. The number of nitrogens with zero attached hydrogens (tertiary/aromatic N) is 3. The van der Waals surface area contributed by atoms with Crippen LogP contribution < -0.4 is 9.77 Å². The van der Waals surface area contributed by atoms with Crippen LogP contribution in [0.5, 0.6) is 0 Å². The van der Waals surface area contributed by atoms with Gasteiger partial charge in [-0.2, -0.15) is 0 Å². The number of carbonyl (C=O) groups is 1. The Kier molecular flexibility index (Phi) is 5.15. The Morgan fingerprint density at radius 2 is 1.91 bits per heavy atom. The van der Waals surface area contributed by atoms with Crippen LogP contribution in [0.4, 0.5) is 10.1 Å². The van der Waals surface area contributed by atoms with Crippen molar-refractivity contribution in [3.8, 4) is 17.1 Å². The summed E-state index contributed by atoms with van der Waals surface area (Å²) < 4.78 is 28.2. The highest BCUT2D eigenvalue weighted by Crippen LogP contribution is 2.36. The third kappa shape index (κ3) is 3.34. The zero-order chi connectivity index (χ0) is 22.4. The molecule has 1 aliphatic heterocycles. The van der Waals surface area contributed by atoms with Crippen LogP contribution in [0.1, 0.15) is 24.2 Å². The molecule has 0 unspecified atom stereocenters. The van der Waals surface area contributed by atoms with E-state index < -0.39 is 5.82 Å². The Balaban J connectivity index is 1.70. The van der Waals surface area contributed by atoms with Gasteiger partial charge in [-0.1, -0.05) is 46.8 Å². The second kappa shape index (κ2) is 7.99. The molecule has 164 valence electrons. The van der Waals surface area contributed by atoms with Crippen molar-refractivity contribution in [2.45, 2.75) is 26.1 Å². The second-order valence-corrected chi connectivity index (χ2v) is 8.70. The first-order chi connectivity index (χ1) is 15.5. The maximum absolute atomic E-state index is 15.7. The first-order valence-corrected chi connectivity index (χ1v) is 11.1. The molecule has 3 heterocycles. The van der Waals surface area contributed by atoms with Crippen LogP contribution in [-0.2, 0) is 4.74 Å². The Hall–Kier alpha value is -3.30. The summed E-state index contributed by atoms with van der Waals surface area (Å²) in [5.74, 6) is -0.517. The van der Waals surface area contributed by atoms with Gasteiger partial charge in [0.25, 0.3) is 0 Å². The second-order valence-electron chi connectivity index (χ2n) is 7.88. The average Bonchev–Trinajstić information content (AvgIpc) is 3.36. The highest BCUT2D eigenvalue weighted by atomic mass is 32.1. The summed E-state index contributed by atoms with van der Waals surface area (Å²) in [6.45, 7) is 4.69. The molecule has 1 fully saturated rings. The number of benzene rings is 2. The van der Waals surface area contributed by atoms with Crippen LogP contribution in [0.25, 0.3) is 28.0 Å². The number of ether oxygens (including phenoxy) is 1. The van der Waals surface area contributed by atoms with Gasteiger partial charge >= 0.3 is 4.87 Å². The van der Waals surface area contributed by atoms with E-state index in [2.05, 4.69) is 5.16 Å². The molecule has 2 aromatic heterocycles. The number of morpholine rings is 1. The van der Waals surface area contributed by atoms with Crippen molar-refractivity contribution in [2.24, 2.45) is 0 Å². The van der Waals surface area contributed by atoms with Crippen molar-refractivity contribution in [1.29, 1.82) is 0 Å². The molecule has 2 atom stereocenters. The molecule has 0 saturated carbocycles. The standard InChI is InChI=1S/C23H20FN3O4S/c1-13-9-26(10-14(2)30-13)20-16(11-28)8-17-21(19(20)24)31-25-22(17)27-18(12-32-23(27)29)15-6-4-3-5-7-15/h3-8,11-14H,9-10H2,1-2H3/t13-,14-/m1/s1. The molecule has 0 spiro atoms. The number of thiazole rings is 1. The Labute approximate surface area is 186 Å². The fraction of sp³-hybridized carbons (Fsp3) is 0.261. The molecule has 0 aliphatic carbocycles. The van der Waals surface area contributed by atoms with Crippen LogP contribution in [0.3, 0.4) is 0 Å². The maximum Gasteiger partial charge on any atom is 0.313 e. The lowest BCUT2D eigenvalue weighted by atomic mass is 10.1. The van der Waals surface area contributed by atoms with Crippen LogP contribution in [0.2, 0.25) is 0 Å². The first kappa shape index (κ1) is 20.6. The molecule has 9 heteroatoms. The van der Waals surface area contributed by atoms with Gasteiger partial charge in [-0.05, 0) is 25.5 Å². The van der Waals surface area contributed by atoms with Crippen molar-refractivity contribution in [3.05, 3.63) is 62.8 Å². The smallest absolute Gasteiger partial charge is 0.313 e. The van der Waals surface area contributed by atoms with Gasteiger partial charge in [-0.25, -0.2) is 8.96 Å². The van der Waals surface area contributed by atoms with Crippen molar-refractivity contribution >= 4 is 34.3 Å². The number of halogens is 1. The van der Waals surface area contributed by atoms with Crippen molar-refractivity contribution in [2.75, 3.05) is 18.0 Å². The number of carbonyl (C=O) groups excluding carboxylic acids is 1. The quantitative estimate of drug-likeness (QED) is 0.430. The van der Waals surface area contributed by atoms with Crippen LogP contribution in [0.15, 0.2) is 51.1 Å². The van der Waals surface area contributed by atoms with Gasteiger partial charge in [0.05, 0.1) is 29.0 Å². The SMILES string of the molecule is C[C@@H]1CN(c2c(C=O)cc3c(-n4c(-c5ccccc5)csc4=O)noc3c2F)C[C@@H](C)O1. The number of anilines is 1. The third-order valence-corrected chi connectivity index (χ3v) is 6.25. The summed E-state index contributed by atoms with van der Waals surface area (Å²) in [6.07, 6.45) is 0.390. The Morgan fingerprint density at radius 3 is 2.59 bits per heavy atom. The van der Waals surface area contributed by atoms with Gasteiger partial charge in [0, 0.05) is 24.0 Å². The summed E-state index contributed by atoms with van der Waals surface area (Å²) in [7, 11) is 0. The predicted molar refractivity (Wildman–Crippen MR) is 120 cm³/mol. The molecule has 1 aliphatic rings. The molecule has 0 N–H and O–H groups in total. The van der Waals surface area contributed by atoms with E-state index in [9.17, 15) is 9.59 Å². The van der Waals surface area contributed by atoms with E-state index in [1.54, 1.807) is 10.3 Å². The summed E-state index contributed by atoms with van der Waals surface area (Å²) in [6, 6.07) is 10.9. The van der Waals surface area contributed by atoms with Crippen molar-refractivity contribution < 1.29 is 18.4 Å². The fourth-order valence-electron chi connectivity index (χ4n) is 4.28. The first-order valence-electron chi connectivity index (χ1n) is 10.2. The van der Waals surface area contributed by atoms with E-state index in [1.165, 1.54) is 10.6 Å². The van der Waals surface area contributed by atoms with Gasteiger partial charge in [0.15, 0.2) is 17.9 Å². The van der Waals surface area contributed by atoms with E-state index in [0.717, 1.165) is 16.9 Å². The van der Waals surface area contributed by atoms with E-state index in [0.29, 0.717) is 25.1 Å². The highest BCUT2D eigenvalue weighted by Gasteiger charge is 2.30. The summed E-state index contributed by atoms with van der Waals surface area (Å²) in [5.41, 5.74) is 1.67. The molecule has 0 amide bonds. The van der Waals surface area contributed by atoms with Crippen molar-refractivity contribution in [1.82, 2.24) is 9.72 Å². The minimum absolute atomic E-state index is 0.0930. The normalized spacial score (nSPS) is 18.9. The van der Waals surface area contributed by atoms with Gasteiger partial charge in [0.2, 0.25) is 5.58 Å². The van der Waals surface area contributed by atoms with Gasteiger partial charge in [-0.3, -0.25) is 9.59 Å². The van der Waals surface area contributed by atoms with E-state index >= 15 is 4.39 Å². The maximum atomic E-state index is 15.7. The minimum Gasteiger partial charge on any atom is -0.372 e. The van der Waals surface area contributed by atoms with E-state index in [1.807, 2.05) is 44.2 Å². The molecule has 1 saturated heterocycles. The zero-order valence-electron chi connectivity index (χ0n) is 17.4. The number of rotatable bonds is 4. The molecule has 5 rings (SSSR count). The Bertz CT molecular complexity index is 1350. The van der Waals surface area contributed by atoms with Gasteiger partial charge in [-0.15, -0.1) is 0 Å².